The van der Waals surface area contributed by atoms with Crippen LogP contribution in [0.25, 0.3) is 11.4 Å². The van der Waals surface area contributed by atoms with Crippen LogP contribution < -0.4 is 0 Å². The maximum atomic E-state index is 5.82. The first-order valence-electron chi connectivity index (χ1n) is 3.61. The largest absolute Gasteiger partial charge is 0.345 e. The number of benzene rings is 1. The van der Waals surface area contributed by atoms with Crippen LogP contribution in [-0.2, 0) is 0 Å². The quantitative estimate of drug-likeness (QED) is 0.715. The molecule has 0 spiro atoms. The van der Waals surface area contributed by atoms with E-state index in [-0.39, 0.29) is 0 Å². The number of H-pyrrole nitrogens is 1. The standard InChI is InChI=1S/C9H7ClN2/c10-8-3-1-2-7(6-8)9-11-4-5-12-9/h1-6H,(H,11,12). The van der Waals surface area contributed by atoms with Crippen LogP contribution in [0.2, 0.25) is 5.02 Å². The van der Waals surface area contributed by atoms with Crippen molar-refractivity contribution in [3.8, 4) is 11.4 Å². The lowest BCUT2D eigenvalue weighted by molar-refractivity contribution is 1.31. The molecule has 0 aliphatic heterocycles. The Balaban J connectivity index is 2.48. The van der Waals surface area contributed by atoms with Gasteiger partial charge in [0.1, 0.15) is 5.82 Å². The lowest BCUT2D eigenvalue weighted by Gasteiger charge is -1.95. The molecular formula is C9H7ClN2. The van der Waals surface area contributed by atoms with Gasteiger partial charge in [-0.15, -0.1) is 0 Å². The minimum absolute atomic E-state index is 0.726. The van der Waals surface area contributed by atoms with E-state index in [9.17, 15) is 0 Å². The van der Waals surface area contributed by atoms with Crippen LogP contribution in [-0.4, -0.2) is 9.97 Å². The van der Waals surface area contributed by atoms with Crippen LogP contribution in [0.15, 0.2) is 36.7 Å². The highest BCUT2D eigenvalue weighted by Gasteiger charge is 1.98. The van der Waals surface area contributed by atoms with Gasteiger partial charge in [-0.25, -0.2) is 4.98 Å². The highest BCUT2D eigenvalue weighted by molar-refractivity contribution is 6.30. The summed E-state index contributed by atoms with van der Waals surface area (Å²) < 4.78 is 0. The number of halogens is 1. The van der Waals surface area contributed by atoms with Crippen molar-refractivity contribution in [2.24, 2.45) is 0 Å². The molecule has 0 aliphatic carbocycles. The van der Waals surface area contributed by atoms with Gasteiger partial charge in [0.25, 0.3) is 0 Å². The molecule has 0 aliphatic rings. The molecule has 0 saturated heterocycles. The van der Waals surface area contributed by atoms with Crippen molar-refractivity contribution in [3.63, 3.8) is 0 Å². The number of aromatic nitrogens is 2. The fourth-order valence-corrected chi connectivity index (χ4v) is 1.25. The molecule has 60 valence electrons. The molecule has 1 heterocycles. The third-order valence-corrected chi connectivity index (χ3v) is 1.83. The minimum Gasteiger partial charge on any atom is -0.345 e. The van der Waals surface area contributed by atoms with E-state index in [0.717, 1.165) is 16.4 Å². The molecule has 0 atom stereocenters. The zero-order valence-corrected chi connectivity index (χ0v) is 7.05. The summed E-state index contributed by atoms with van der Waals surface area (Å²) in [4.78, 5) is 7.12. The molecule has 1 aromatic heterocycles. The molecule has 1 aromatic carbocycles. The average molecular weight is 179 g/mol. The summed E-state index contributed by atoms with van der Waals surface area (Å²) in [6.07, 6.45) is 3.51. The van der Waals surface area contributed by atoms with Crippen LogP contribution in [0.5, 0.6) is 0 Å². The molecule has 3 heteroatoms. The van der Waals surface area contributed by atoms with E-state index >= 15 is 0 Å². The highest BCUT2D eigenvalue weighted by atomic mass is 35.5. The van der Waals surface area contributed by atoms with Crippen molar-refractivity contribution in [1.82, 2.24) is 9.97 Å². The second kappa shape index (κ2) is 2.99. The Hall–Kier alpha value is -1.28. The monoisotopic (exact) mass is 178 g/mol. The maximum Gasteiger partial charge on any atom is 0.137 e. The van der Waals surface area contributed by atoms with Gasteiger partial charge in [-0.2, -0.15) is 0 Å². The van der Waals surface area contributed by atoms with Gasteiger partial charge in [0.2, 0.25) is 0 Å². The Labute approximate surface area is 75.2 Å². The molecule has 0 saturated carbocycles. The van der Waals surface area contributed by atoms with Gasteiger partial charge in [0.05, 0.1) is 0 Å². The number of hydrogen-bond donors (Lipinski definition) is 1. The van der Waals surface area contributed by atoms with Crippen molar-refractivity contribution in [2.45, 2.75) is 0 Å². The van der Waals surface area contributed by atoms with E-state index in [2.05, 4.69) is 9.97 Å². The highest BCUT2D eigenvalue weighted by Crippen LogP contribution is 2.18. The number of hydrogen-bond acceptors (Lipinski definition) is 1. The van der Waals surface area contributed by atoms with E-state index in [0.29, 0.717) is 0 Å². The second-order valence-electron chi connectivity index (χ2n) is 2.45. The Morgan fingerprint density at radius 3 is 2.92 bits per heavy atom. The molecule has 1 N–H and O–H groups in total. The van der Waals surface area contributed by atoms with Crippen molar-refractivity contribution >= 4 is 11.6 Å². The van der Waals surface area contributed by atoms with Crippen molar-refractivity contribution in [2.75, 3.05) is 0 Å². The average Bonchev–Trinajstić information content (AvgIpc) is 2.56. The van der Waals surface area contributed by atoms with Crippen LogP contribution in [0.1, 0.15) is 0 Å². The number of nitrogens with one attached hydrogen (secondary N) is 1. The number of rotatable bonds is 1. The molecule has 0 unspecified atom stereocenters. The molecule has 0 fully saturated rings. The topological polar surface area (TPSA) is 28.7 Å². The van der Waals surface area contributed by atoms with Crippen LogP contribution in [0.4, 0.5) is 0 Å². The number of nitrogens with zero attached hydrogens (tertiary/aromatic N) is 1. The lowest BCUT2D eigenvalue weighted by atomic mass is 10.2. The van der Waals surface area contributed by atoms with E-state index in [1.54, 1.807) is 12.4 Å². The smallest absolute Gasteiger partial charge is 0.137 e. The summed E-state index contributed by atoms with van der Waals surface area (Å²) in [5.41, 5.74) is 1.01. The van der Waals surface area contributed by atoms with E-state index in [1.807, 2.05) is 24.3 Å². The number of imidazole rings is 1. The molecule has 2 nitrogen and oxygen atoms in total. The summed E-state index contributed by atoms with van der Waals surface area (Å²) in [6, 6.07) is 7.58. The Morgan fingerprint density at radius 2 is 2.25 bits per heavy atom. The van der Waals surface area contributed by atoms with Gasteiger partial charge < -0.3 is 4.98 Å². The Bertz CT molecular complexity index is 368. The summed E-state index contributed by atoms with van der Waals surface area (Å²) in [5, 5.41) is 0.726. The van der Waals surface area contributed by atoms with E-state index in [1.165, 1.54) is 0 Å². The fraction of sp³-hybridized carbons (Fsp3) is 0. The predicted molar refractivity (Wildman–Crippen MR) is 49.0 cm³/mol. The molecular weight excluding hydrogens is 172 g/mol. The van der Waals surface area contributed by atoms with Gasteiger partial charge in [-0.05, 0) is 12.1 Å². The third-order valence-electron chi connectivity index (χ3n) is 1.60. The minimum atomic E-state index is 0.726. The normalized spacial score (nSPS) is 10.1. The molecule has 2 rings (SSSR count). The van der Waals surface area contributed by atoms with Crippen molar-refractivity contribution < 1.29 is 0 Å². The van der Waals surface area contributed by atoms with Crippen LogP contribution >= 0.6 is 11.6 Å². The van der Waals surface area contributed by atoms with E-state index < -0.39 is 0 Å². The van der Waals surface area contributed by atoms with Gasteiger partial charge in [-0.1, -0.05) is 23.7 Å². The predicted octanol–water partition coefficient (Wildman–Crippen LogP) is 2.73. The SMILES string of the molecule is Clc1cccc(-c2ncc[nH]2)c1. The summed E-state index contributed by atoms with van der Waals surface area (Å²) in [6.45, 7) is 0. The van der Waals surface area contributed by atoms with Gasteiger partial charge in [-0.3, -0.25) is 0 Å². The van der Waals surface area contributed by atoms with Gasteiger partial charge in [0.15, 0.2) is 0 Å². The zero-order valence-electron chi connectivity index (χ0n) is 6.29. The molecule has 0 bridgehead atoms. The fourth-order valence-electron chi connectivity index (χ4n) is 1.06. The van der Waals surface area contributed by atoms with Crippen LogP contribution in [0, 0.1) is 0 Å². The first-order chi connectivity index (χ1) is 5.86. The van der Waals surface area contributed by atoms with E-state index in [4.69, 9.17) is 11.6 Å². The molecule has 12 heavy (non-hydrogen) atoms. The first-order valence-corrected chi connectivity index (χ1v) is 3.99. The second-order valence-corrected chi connectivity index (χ2v) is 2.88. The Kier molecular flexibility index (Phi) is 1.84. The summed E-state index contributed by atoms with van der Waals surface area (Å²) >= 11 is 5.82. The zero-order chi connectivity index (χ0) is 8.39. The van der Waals surface area contributed by atoms with Crippen LogP contribution in [0.3, 0.4) is 0 Å². The Morgan fingerprint density at radius 1 is 1.33 bits per heavy atom. The maximum absolute atomic E-state index is 5.82. The number of aromatic amines is 1. The van der Waals surface area contributed by atoms with Crippen molar-refractivity contribution in [1.29, 1.82) is 0 Å². The molecule has 2 aromatic rings. The summed E-state index contributed by atoms with van der Waals surface area (Å²) in [7, 11) is 0. The summed E-state index contributed by atoms with van der Waals surface area (Å²) in [5.74, 6) is 0.845. The first kappa shape index (κ1) is 7.37. The van der Waals surface area contributed by atoms with Crippen molar-refractivity contribution in [3.05, 3.63) is 41.7 Å². The molecule has 0 radical (unpaired) electrons. The third kappa shape index (κ3) is 1.34. The van der Waals surface area contributed by atoms with Gasteiger partial charge in [0, 0.05) is 23.0 Å². The van der Waals surface area contributed by atoms with Gasteiger partial charge >= 0.3 is 0 Å². The molecule has 0 amide bonds. The lowest BCUT2D eigenvalue weighted by Crippen LogP contribution is -1.78.